The summed E-state index contributed by atoms with van der Waals surface area (Å²) in [5.74, 6) is 0.902. The second-order valence-electron chi connectivity index (χ2n) is 4.45. The van der Waals surface area contributed by atoms with E-state index in [9.17, 15) is 0 Å². The molecule has 2 aromatic rings. The van der Waals surface area contributed by atoms with Crippen LogP contribution in [0.15, 0.2) is 53.0 Å². The number of rotatable bonds is 3. The van der Waals surface area contributed by atoms with Crippen molar-refractivity contribution in [2.75, 3.05) is 7.11 Å². The number of benzene rings is 2. The van der Waals surface area contributed by atoms with Gasteiger partial charge < -0.3 is 4.74 Å². The molecule has 0 radical (unpaired) electrons. The van der Waals surface area contributed by atoms with Crippen LogP contribution in [0.1, 0.15) is 23.2 Å². The summed E-state index contributed by atoms with van der Waals surface area (Å²) in [7, 11) is 1.69. The number of nitrogens with one attached hydrogen (secondary N) is 1. The minimum absolute atomic E-state index is 0.428. The first kappa shape index (κ1) is 11.8. The van der Waals surface area contributed by atoms with E-state index in [0.29, 0.717) is 12.1 Å². The lowest BCUT2D eigenvalue weighted by molar-refractivity contribution is 0.414. The molecular weight excluding hydrogens is 290 g/mol. The summed E-state index contributed by atoms with van der Waals surface area (Å²) in [5.41, 5.74) is 2.64. The van der Waals surface area contributed by atoms with Crippen LogP contribution in [0.25, 0.3) is 0 Å². The van der Waals surface area contributed by atoms with Gasteiger partial charge in [0.05, 0.1) is 19.2 Å². The van der Waals surface area contributed by atoms with E-state index in [1.807, 2.05) is 12.1 Å². The van der Waals surface area contributed by atoms with Crippen LogP contribution < -0.4 is 10.1 Å². The van der Waals surface area contributed by atoms with Gasteiger partial charge in [0.2, 0.25) is 0 Å². The number of hydrogen-bond donors (Lipinski definition) is 1. The van der Waals surface area contributed by atoms with E-state index < -0.39 is 0 Å². The lowest BCUT2D eigenvalue weighted by atomic mass is 10.0. The van der Waals surface area contributed by atoms with Crippen molar-refractivity contribution in [3.8, 4) is 5.75 Å². The highest BCUT2D eigenvalue weighted by molar-refractivity contribution is 9.10. The van der Waals surface area contributed by atoms with Gasteiger partial charge in [-0.25, -0.2) is 0 Å². The minimum Gasteiger partial charge on any atom is -0.497 e. The van der Waals surface area contributed by atoms with Crippen molar-refractivity contribution in [3.05, 3.63) is 64.1 Å². The molecule has 92 valence electrons. The number of hydrogen-bond acceptors (Lipinski definition) is 2. The van der Waals surface area contributed by atoms with E-state index in [1.54, 1.807) is 7.11 Å². The number of ether oxygens (including phenoxy) is 1. The second-order valence-corrected chi connectivity index (χ2v) is 5.36. The van der Waals surface area contributed by atoms with Crippen LogP contribution >= 0.6 is 15.9 Å². The topological polar surface area (TPSA) is 31.2 Å². The van der Waals surface area contributed by atoms with Gasteiger partial charge in [-0.2, -0.15) is 0 Å². The molecule has 1 saturated heterocycles. The first-order valence-electron chi connectivity index (χ1n) is 5.93. The molecule has 1 aliphatic rings. The molecule has 1 aliphatic heterocycles. The highest BCUT2D eigenvalue weighted by Crippen LogP contribution is 2.42. The Morgan fingerprint density at radius 1 is 0.889 bits per heavy atom. The van der Waals surface area contributed by atoms with Crippen molar-refractivity contribution in [1.82, 2.24) is 5.32 Å². The van der Waals surface area contributed by atoms with Crippen LogP contribution in [-0.2, 0) is 0 Å². The summed E-state index contributed by atoms with van der Waals surface area (Å²) in [4.78, 5) is 0. The lowest BCUT2D eigenvalue weighted by Gasteiger charge is -2.02. The van der Waals surface area contributed by atoms with Crippen LogP contribution in [0.2, 0.25) is 0 Å². The van der Waals surface area contributed by atoms with Gasteiger partial charge in [-0.3, -0.25) is 5.32 Å². The summed E-state index contributed by atoms with van der Waals surface area (Å²) in [6.45, 7) is 0. The molecule has 0 aromatic heterocycles. The molecule has 1 heterocycles. The molecule has 0 unspecified atom stereocenters. The molecule has 18 heavy (non-hydrogen) atoms. The standard InChI is InChI=1S/C15H14BrNO/c1-18-13-8-4-11(5-9-13)15-14(17-15)10-2-6-12(16)7-3-10/h2-9,14-15,17H,1H3/t14-,15-/m0/s1. The Kier molecular flexibility index (Phi) is 3.10. The van der Waals surface area contributed by atoms with Gasteiger partial charge in [-0.1, -0.05) is 40.2 Å². The predicted molar refractivity (Wildman–Crippen MR) is 75.8 cm³/mol. The maximum absolute atomic E-state index is 5.17. The van der Waals surface area contributed by atoms with Crippen molar-refractivity contribution in [2.24, 2.45) is 0 Å². The van der Waals surface area contributed by atoms with Crippen molar-refractivity contribution < 1.29 is 4.74 Å². The Balaban J connectivity index is 1.74. The fraction of sp³-hybridized carbons (Fsp3) is 0.200. The molecule has 0 amide bonds. The Labute approximate surface area is 115 Å². The lowest BCUT2D eigenvalue weighted by Crippen LogP contribution is -1.86. The first-order valence-corrected chi connectivity index (χ1v) is 6.73. The van der Waals surface area contributed by atoms with Gasteiger partial charge >= 0.3 is 0 Å². The van der Waals surface area contributed by atoms with E-state index in [1.165, 1.54) is 11.1 Å². The van der Waals surface area contributed by atoms with Crippen LogP contribution in [-0.4, -0.2) is 7.11 Å². The van der Waals surface area contributed by atoms with Crippen LogP contribution in [0.3, 0.4) is 0 Å². The fourth-order valence-electron chi connectivity index (χ4n) is 2.20. The van der Waals surface area contributed by atoms with Crippen LogP contribution in [0, 0.1) is 0 Å². The summed E-state index contributed by atoms with van der Waals surface area (Å²) in [6.07, 6.45) is 0. The zero-order valence-electron chi connectivity index (χ0n) is 10.1. The molecule has 0 saturated carbocycles. The average Bonchev–Trinajstić information content (AvgIpc) is 3.20. The summed E-state index contributed by atoms with van der Waals surface area (Å²) in [6, 6.07) is 17.6. The highest BCUT2D eigenvalue weighted by Gasteiger charge is 2.38. The molecule has 2 atom stereocenters. The normalized spacial score (nSPS) is 21.7. The van der Waals surface area contributed by atoms with E-state index in [0.717, 1.165) is 10.2 Å². The Morgan fingerprint density at radius 3 is 1.89 bits per heavy atom. The van der Waals surface area contributed by atoms with E-state index in [4.69, 9.17) is 4.74 Å². The molecule has 1 fully saturated rings. The second kappa shape index (κ2) is 4.75. The maximum atomic E-state index is 5.17. The van der Waals surface area contributed by atoms with Crippen LogP contribution in [0.4, 0.5) is 0 Å². The van der Waals surface area contributed by atoms with Crippen molar-refractivity contribution in [1.29, 1.82) is 0 Å². The zero-order chi connectivity index (χ0) is 12.5. The molecule has 0 bridgehead atoms. The Bertz CT molecular complexity index is 535. The molecule has 2 nitrogen and oxygen atoms in total. The quantitative estimate of drug-likeness (QED) is 0.873. The molecule has 3 rings (SSSR count). The third-order valence-electron chi connectivity index (χ3n) is 3.29. The number of methoxy groups -OCH3 is 1. The van der Waals surface area contributed by atoms with Crippen molar-refractivity contribution >= 4 is 15.9 Å². The minimum atomic E-state index is 0.428. The highest BCUT2D eigenvalue weighted by atomic mass is 79.9. The van der Waals surface area contributed by atoms with Gasteiger partial charge in [0.15, 0.2) is 0 Å². The van der Waals surface area contributed by atoms with E-state index in [2.05, 4.69) is 57.6 Å². The first-order chi connectivity index (χ1) is 8.78. The summed E-state index contributed by atoms with van der Waals surface area (Å²) < 4.78 is 6.29. The van der Waals surface area contributed by atoms with Gasteiger partial charge in [0.25, 0.3) is 0 Å². The van der Waals surface area contributed by atoms with Gasteiger partial charge in [0, 0.05) is 4.47 Å². The van der Waals surface area contributed by atoms with Crippen molar-refractivity contribution in [2.45, 2.75) is 12.1 Å². The van der Waals surface area contributed by atoms with Gasteiger partial charge in [0.1, 0.15) is 5.75 Å². The molecular formula is C15H14BrNO. The molecule has 2 aromatic carbocycles. The summed E-state index contributed by atoms with van der Waals surface area (Å²) in [5, 5.41) is 3.50. The van der Waals surface area contributed by atoms with Crippen LogP contribution in [0.5, 0.6) is 5.75 Å². The Hall–Kier alpha value is -1.32. The summed E-state index contributed by atoms with van der Waals surface area (Å²) >= 11 is 3.46. The van der Waals surface area contributed by atoms with E-state index >= 15 is 0 Å². The SMILES string of the molecule is COc1ccc([C@@H]2N[C@H]2c2ccc(Br)cc2)cc1. The number of halogens is 1. The maximum Gasteiger partial charge on any atom is 0.118 e. The molecule has 1 N–H and O–H groups in total. The zero-order valence-corrected chi connectivity index (χ0v) is 11.6. The molecule has 0 aliphatic carbocycles. The third-order valence-corrected chi connectivity index (χ3v) is 3.82. The smallest absolute Gasteiger partial charge is 0.118 e. The van der Waals surface area contributed by atoms with Gasteiger partial charge in [-0.15, -0.1) is 0 Å². The largest absolute Gasteiger partial charge is 0.497 e. The van der Waals surface area contributed by atoms with Gasteiger partial charge in [-0.05, 0) is 35.4 Å². The Morgan fingerprint density at radius 2 is 1.39 bits per heavy atom. The van der Waals surface area contributed by atoms with Crippen molar-refractivity contribution in [3.63, 3.8) is 0 Å². The third kappa shape index (κ3) is 2.28. The molecule has 3 heteroatoms. The predicted octanol–water partition coefficient (Wildman–Crippen LogP) is 3.84. The monoisotopic (exact) mass is 303 g/mol. The van der Waals surface area contributed by atoms with E-state index in [-0.39, 0.29) is 0 Å². The average molecular weight is 304 g/mol. The fourth-order valence-corrected chi connectivity index (χ4v) is 2.46. The molecule has 0 spiro atoms.